The minimum atomic E-state index is 0.368. The number of hydrogen-bond acceptors (Lipinski definition) is 3. The Bertz CT molecular complexity index is 312. The maximum absolute atomic E-state index is 5.16. The van der Waals surface area contributed by atoms with Gasteiger partial charge in [-0.25, -0.2) is 4.98 Å². The standard InChI is InChI=1S/C9H11NOS/c1-6(9-4-11-9)3-8-5-12-7(2)10-8/h3,5,9H,4H2,1-2H3. The van der Waals surface area contributed by atoms with Crippen LogP contribution in [0.1, 0.15) is 17.6 Å². The molecule has 1 unspecified atom stereocenters. The molecule has 1 aromatic heterocycles. The van der Waals surface area contributed by atoms with Crippen molar-refractivity contribution < 1.29 is 4.74 Å². The first-order valence-corrected chi connectivity index (χ1v) is 4.85. The number of thiazole rings is 1. The minimum absolute atomic E-state index is 0.368. The highest BCUT2D eigenvalue weighted by molar-refractivity contribution is 7.09. The summed E-state index contributed by atoms with van der Waals surface area (Å²) < 4.78 is 5.16. The van der Waals surface area contributed by atoms with Crippen LogP contribution in [0.4, 0.5) is 0 Å². The maximum atomic E-state index is 5.16. The molecule has 0 bridgehead atoms. The summed E-state index contributed by atoms with van der Waals surface area (Å²) in [5.74, 6) is 0. The van der Waals surface area contributed by atoms with Gasteiger partial charge in [-0.3, -0.25) is 0 Å². The first-order valence-electron chi connectivity index (χ1n) is 3.97. The van der Waals surface area contributed by atoms with Crippen LogP contribution >= 0.6 is 11.3 Å². The van der Waals surface area contributed by atoms with Crippen LogP contribution in [-0.2, 0) is 4.74 Å². The molecule has 1 atom stereocenters. The predicted molar refractivity (Wildman–Crippen MR) is 50.2 cm³/mol. The average molecular weight is 181 g/mol. The van der Waals surface area contributed by atoms with Gasteiger partial charge >= 0.3 is 0 Å². The van der Waals surface area contributed by atoms with Crippen molar-refractivity contribution >= 4 is 17.4 Å². The molecule has 12 heavy (non-hydrogen) atoms. The SMILES string of the molecule is CC(=Cc1csc(C)n1)C1CO1. The van der Waals surface area contributed by atoms with Crippen LogP contribution < -0.4 is 0 Å². The molecular weight excluding hydrogens is 170 g/mol. The molecule has 0 amide bonds. The number of hydrogen-bond donors (Lipinski definition) is 0. The Hall–Kier alpha value is -0.670. The summed E-state index contributed by atoms with van der Waals surface area (Å²) in [7, 11) is 0. The zero-order valence-corrected chi connectivity index (χ0v) is 8.02. The van der Waals surface area contributed by atoms with Crippen molar-refractivity contribution in [2.24, 2.45) is 0 Å². The van der Waals surface area contributed by atoms with Crippen molar-refractivity contribution in [1.29, 1.82) is 0 Å². The van der Waals surface area contributed by atoms with Gasteiger partial charge in [-0.1, -0.05) is 0 Å². The third kappa shape index (κ3) is 1.73. The third-order valence-corrected chi connectivity index (χ3v) is 2.65. The molecule has 0 saturated carbocycles. The van der Waals surface area contributed by atoms with Gasteiger partial charge in [0.05, 0.1) is 17.3 Å². The van der Waals surface area contributed by atoms with Crippen LogP contribution in [-0.4, -0.2) is 17.7 Å². The van der Waals surface area contributed by atoms with Crippen molar-refractivity contribution in [3.63, 3.8) is 0 Å². The summed E-state index contributed by atoms with van der Waals surface area (Å²) in [5.41, 5.74) is 2.34. The summed E-state index contributed by atoms with van der Waals surface area (Å²) in [5, 5.41) is 3.19. The fourth-order valence-corrected chi connectivity index (χ4v) is 1.65. The van der Waals surface area contributed by atoms with E-state index in [-0.39, 0.29) is 0 Å². The normalized spacial score (nSPS) is 22.8. The largest absolute Gasteiger partial charge is 0.368 e. The van der Waals surface area contributed by atoms with E-state index in [1.807, 2.05) is 6.92 Å². The van der Waals surface area contributed by atoms with Crippen LogP contribution in [0.2, 0.25) is 0 Å². The topological polar surface area (TPSA) is 25.4 Å². The van der Waals surface area contributed by atoms with Gasteiger partial charge in [0.2, 0.25) is 0 Å². The Kier molecular flexibility index (Phi) is 1.98. The average Bonchev–Trinajstić information content (AvgIpc) is 2.78. The van der Waals surface area contributed by atoms with E-state index in [1.54, 1.807) is 11.3 Å². The molecule has 3 heteroatoms. The van der Waals surface area contributed by atoms with E-state index >= 15 is 0 Å². The third-order valence-electron chi connectivity index (χ3n) is 1.85. The number of aromatic nitrogens is 1. The van der Waals surface area contributed by atoms with E-state index in [9.17, 15) is 0 Å². The molecule has 2 heterocycles. The van der Waals surface area contributed by atoms with Gasteiger partial charge < -0.3 is 4.74 Å². The number of rotatable bonds is 2. The molecule has 0 aliphatic carbocycles. The highest BCUT2D eigenvalue weighted by Gasteiger charge is 2.24. The van der Waals surface area contributed by atoms with Gasteiger partial charge in [0, 0.05) is 5.38 Å². The zero-order valence-electron chi connectivity index (χ0n) is 7.20. The fraction of sp³-hybridized carbons (Fsp3) is 0.444. The molecule has 0 radical (unpaired) electrons. The smallest absolute Gasteiger partial charge is 0.102 e. The van der Waals surface area contributed by atoms with Crippen LogP contribution in [0.25, 0.3) is 6.08 Å². The number of nitrogens with zero attached hydrogens (tertiary/aromatic N) is 1. The molecule has 64 valence electrons. The first kappa shape index (κ1) is 7.95. The highest BCUT2D eigenvalue weighted by Crippen LogP contribution is 2.21. The molecule has 0 N–H and O–H groups in total. The maximum Gasteiger partial charge on any atom is 0.102 e. The first-order chi connectivity index (χ1) is 5.75. The van der Waals surface area contributed by atoms with Gasteiger partial charge in [-0.15, -0.1) is 11.3 Å². The second-order valence-electron chi connectivity index (χ2n) is 3.00. The Labute approximate surface area is 75.9 Å². The van der Waals surface area contributed by atoms with Crippen LogP contribution in [0.5, 0.6) is 0 Å². The second-order valence-corrected chi connectivity index (χ2v) is 4.06. The van der Waals surface area contributed by atoms with E-state index < -0.39 is 0 Å². The Morgan fingerprint density at radius 1 is 1.83 bits per heavy atom. The van der Waals surface area contributed by atoms with E-state index in [0.717, 1.165) is 17.3 Å². The summed E-state index contributed by atoms with van der Waals surface area (Å²) in [6.07, 6.45) is 2.47. The lowest BCUT2D eigenvalue weighted by Gasteiger charge is -1.90. The molecule has 2 rings (SSSR count). The predicted octanol–water partition coefficient (Wildman–Crippen LogP) is 2.25. The Morgan fingerprint density at radius 2 is 2.58 bits per heavy atom. The molecule has 0 spiro atoms. The number of epoxide rings is 1. The van der Waals surface area contributed by atoms with Crippen molar-refractivity contribution in [2.45, 2.75) is 20.0 Å². The summed E-state index contributed by atoms with van der Waals surface area (Å²) in [6.45, 7) is 4.99. The van der Waals surface area contributed by atoms with Crippen molar-refractivity contribution in [2.75, 3.05) is 6.61 Å². The molecule has 0 aromatic carbocycles. The van der Waals surface area contributed by atoms with Crippen LogP contribution in [0.3, 0.4) is 0 Å². The molecular formula is C9H11NOS. The summed E-state index contributed by atoms with van der Waals surface area (Å²) in [4.78, 5) is 4.35. The molecule has 1 aliphatic rings. The van der Waals surface area contributed by atoms with Crippen LogP contribution in [0.15, 0.2) is 11.0 Å². The van der Waals surface area contributed by atoms with Gasteiger partial charge in [0.25, 0.3) is 0 Å². The quantitative estimate of drug-likeness (QED) is 0.654. The van der Waals surface area contributed by atoms with Crippen molar-refractivity contribution in [1.82, 2.24) is 4.98 Å². The molecule has 1 aromatic rings. The zero-order chi connectivity index (χ0) is 8.55. The fourth-order valence-electron chi connectivity index (χ4n) is 1.08. The lowest BCUT2D eigenvalue weighted by atomic mass is 10.2. The highest BCUT2D eigenvalue weighted by atomic mass is 32.1. The van der Waals surface area contributed by atoms with Crippen molar-refractivity contribution in [3.8, 4) is 0 Å². The van der Waals surface area contributed by atoms with Gasteiger partial charge in [0.1, 0.15) is 6.10 Å². The molecule has 1 aliphatic heterocycles. The molecule has 2 nitrogen and oxygen atoms in total. The summed E-state index contributed by atoms with van der Waals surface area (Å²) >= 11 is 1.68. The number of aryl methyl sites for hydroxylation is 1. The van der Waals surface area contributed by atoms with Crippen molar-refractivity contribution in [3.05, 3.63) is 21.7 Å². The lowest BCUT2D eigenvalue weighted by molar-refractivity contribution is 0.432. The minimum Gasteiger partial charge on any atom is -0.368 e. The summed E-state index contributed by atoms with van der Waals surface area (Å²) in [6, 6.07) is 0. The van der Waals surface area contributed by atoms with E-state index in [4.69, 9.17) is 4.74 Å². The number of ether oxygens (including phenoxy) is 1. The van der Waals surface area contributed by atoms with Gasteiger partial charge in [-0.2, -0.15) is 0 Å². The van der Waals surface area contributed by atoms with Gasteiger partial charge in [0.15, 0.2) is 0 Å². The molecule has 1 fully saturated rings. The Morgan fingerprint density at radius 3 is 3.08 bits per heavy atom. The van der Waals surface area contributed by atoms with E-state index in [2.05, 4.69) is 23.4 Å². The van der Waals surface area contributed by atoms with Gasteiger partial charge in [-0.05, 0) is 25.5 Å². The van der Waals surface area contributed by atoms with E-state index in [0.29, 0.717) is 6.10 Å². The monoisotopic (exact) mass is 181 g/mol. The lowest BCUT2D eigenvalue weighted by Crippen LogP contribution is -1.86. The Balaban J connectivity index is 2.15. The van der Waals surface area contributed by atoms with Crippen LogP contribution in [0, 0.1) is 6.92 Å². The van der Waals surface area contributed by atoms with E-state index in [1.165, 1.54) is 5.57 Å². The second kappa shape index (κ2) is 2.99. The molecule has 1 saturated heterocycles.